The van der Waals surface area contributed by atoms with E-state index in [4.69, 9.17) is 16.7 Å². The molecule has 2 N–H and O–H groups in total. The zero-order chi connectivity index (χ0) is 14.6. The minimum absolute atomic E-state index is 0.0949. The first-order valence-corrected chi connectivity index (χ1v) is 7.16. The van der Waals surface area contributed by atoms with Crippen molar-refractivity contribution < 1.29 is 14.4 Å². The highest BCUT2D eigenvalue weighted by atomic mass is 35.5. The number of carbonyl (C=O) groups is 1. The van der Waals surface area contributed by atoms with E-state index in [-0.39, 0.29) is 12.6 Å². The third kappa shape index (κ3) is 3.85. The molecule has 1 fully saturated rings. The second-order valence-electron chi connectivity index (χ2n) is 5.44. The molecule has 1 heterocycles. The SMILES string of the molecule is C[N+]1(CCO)CCN(C(=O)Nc2cccc(Cl)c2)CC1. The van der Waals surface area contributed by atoms with Gasteiger partial charge in [-0.3, -0.25) is 0 Å². The standard InChI is InChI=1S/C14H20ClN3O2/c1-18(9-10-19)7-5-17(6-8-18)14(20)16-13-4-2-3-12(15)11-13/h2-4,11,19H,5-10H2,1H3/p+1. The Bertz CT molecular complexity index is 473. The molecule has 0 aliphatic carbocycles. The van der Waals surface area contributed by atoms with Crippen LogP contribution in [-0.4, -0.2) is 66.9 Å². The summed E-state index contributed by atoms with van der Waals surface area (Å²) in [4.78, 5) is 14.0. The number of quaternary nitrogens is 1. The minimum atomic E-state index is -0.0949. The van der Waals surface area contributed by atoms with Gasteiger partial charge in [-0.1, -0.05) is 17.7 Å². The number of rotatable bonds is 3. The summed E-state index contributed by atoms with van der Waals surface area (Å²) < 4.78 is 0.817. The molecule has 0 aromatic heterocycles. The maximum atomic E-state index is 12.2. The number of aliphatic hydroxyl groups excluding tert-OH is 1. The molecule has 0 radical (unpaired) electrons. The van der Waals surface area contributed by atoms with Crippen LogP contribution in [0.5, 0.6) is 0 Å². The molecule has 2 amide bonds. The number of hydrogen-bond donors (Lipinski definition) is 2. The average Bonchev–Trinajstić information content (AvgIpc) is 2.39. The normalized spacial score (nSPS) is 17.9. The van der Waals surface area contributed by atoms with Crippen molar-refractivity contribution in [1.82, 2.24) is 4.90 Å². The first-order valence-electron chi connectivity index (χ1n) is 6.78. The molecule has 0 atom stereocenters. The van der Waals surface area contributed by atoms with E-state index in [9.17, 15) is 4.79 Å². The van der Waals surface area contributed by atoms with E-state index in [1.807, 2.05) is 12.1 Å². The Kier molecular flexibility index (Phi) is 4.86. The minimum Gasteiger partial charge on any atom is -0.391 e. The van der Waals surface area contributed by atoms with Gasteiger partial charge in [0, 0.05) is 10.7 Å². The lowest BCUT2D eigenvalue weighted by atomic mass is 10.2. The van der Waals surface area contributed by atoms with E-state index in [1.165, 1.54) is 0 Å². The van der Waals surface area contributed by atoms with Gasteiger partial charge in [0.1, 0.15) is 6.54 Å². The van der Waals surface area contributed by atoms with Crippen LogP contribution in [0.3, 0.4) is 0 Å². The molecule has 1 saturated heterocycles. The number of urea groups is 1. The average molecular weight is 299 g/mol. The van der Waals surface area contributed by atoms with Crippen molar-refractivity contribution in [2.45, 2.75) is 0 Å². The molecule has 0 bridgehead atoms. The molecule has 1 aromatic carbocycles. The summed E-state index contributed by atoms with van der Waals surface area (Å²) in [7, 11) is 2.11. The predicted octanol–water partition coefficient (Wildman–Crippen LogP) is 1.63. The van der Waals surface area contributed by atoms with Crippen LogP contribution in [-0.2, 0) is 0 Å². The maximum Gasteiger partial charge on any atom is 0.322 e. The van der Waals surface area contributed by atoms with Crippen LogP contribution in [0.2, 0.25) is 5.02 Å². The number of piperazine rings is 1. The van der Waals surface area contributed by atoms with Crippen LogP contribution in [0.15, 0.2) is 24.3 Å². The maximum absolute atomic E-state index is 12.2. The van der Waals surface area contributed by atoms with Gasteiger partial charge >= 0.3 is 6.03 Å². The summed E-state index contributed by atoms with van der Waals surface area (Å²) in [6, 6.07) is 7.04. The Labute approximate surface area is 124 Å². The van der Waals surface area contributed by atoms with Crippen molar-refractivity contribution in [3.8, 4) is 0 Å². The Morgan fingerprint density at radius 3 is 2.75 bits per heavy atom. The fraction of sp³-hybridized carbons (Fsp3) is 0.500. The van der Waals surface area contributed by atoms with Gasteiger partial charge in [0.05, 0.1) is 39.8 Å². The zero-order valence-electron chi connectivity index (χ0n) is 11.7. The summed E-state index contributed by atoms with van der Waals surface area (Å²) in [6.07, 6.45) is 0. The number of nitrogens with one attached hydrogen (secondary N) is 1. The number of benzene rings is 1. The van der Waals surface area contributed by atoms with Crippen molar-refractivity contribution in [3.05, 3.63) is 29.3 Å². The molecule has 5 nitrogen and oxygen atoms in total. The lowest BCUT2D eigenvalue weighted by Crippen LogP contribution is -2.59. The van der Waals surface area contributed by atoms with Gasteiger partial charge in [-0.15, -0.1) is 0 Å². The molecular weight excluding hydrogens is 278 g/mol. The number of carbonyl (C=O) groups excluding carboxylic acids is 1. The number of nitrogens with zero attached hydrogens (tertiary/aromatic N) is 2. The first kappa shape index (κ1) is 15.1. The molecule has 110 valence electrons. The Morgan fingerprint density at radius 2 is 2.15 bits per heavy atom. The van der Waals surface area contributed by atoms with Crippen LogP contribution < -0.4 is 5.32 Å². The highest BCUT2D eigenvalue weighted by molar-refractivity contribution is 6.30. The molecule has 2 rings (SSSR count). The highest BCUT2D eigenvalue weighted by Crippen LogP contribution is 2.16. The van der Waals surface area contributed by atoms with Crippen LogP contribution in [0.4, 0.5) is 10.5 Å². The van der Waals surface area contributed by atoms with Crippen molar-refractivity contribution in [2.75, 3.05) is 51.7 Å². The van der Waals surface area contributed by atoms with Crippen molar-refractivity contribution in [1.29, 1.82) is 0 Å². The first-order chi connectivity index (χ1) is 9.52. The van der Waals surface area contributed by atoms with Crippen molar-refractivity contribution in [2.24, 2.45) is 0 Å². The molecular formula is C14H21ClN3O2+. The predicted molar refractivity (Wildman–Crippen MR) is 79.9 cm³/mol. The second-order valence-corrected chi connectivity index (χ2v) is 5.88. The van der Waals surface area contributed by atoms with Gasteiger partial charge in [0.15, 0.2) is 0 Å². The lowest BCUT2D eigenvalue weighted by Gasteiger charge is -2.41. The molecule has 1 aromatic rings. The van der Waals surface area contributed by atoms with E-state index in [0.29, 0.717) is 23.8 Å². The second kappa shape index (κ2) is 6.43. The largest absolute Gasteiger partial charge is 0.391 e. The van der Waals surface area contributed by atoms with Crippen LogP contribution in [0.1, 0.15) is 0 Å². The molecule has 6 heteroatoms. The molecule has 1 aliphatic heterocycles. The fourth-order valence-electron chi connectivity index (χ4n) is 2.38. The third-order valence-electron chi connectivity index (χ3n) is 3.82. The summed E-state index contributed by atoms with van der Waals surface area (Å²) in [6.45, 7) is 4.05. The number of hydrogen-bond acceptors (Lipinski definition) is 2. The van der Waals surface area contributed by atoms with Gasteiger partial charge in [-0.05, 0) is 18.2 Å². The van der Waals surface area contributed by atoms with Gasteiger partial charge in [0.2, 0.25) is 0 Å². The van der Waals surface area contributed by atoms with E-state index < -0.39 is 0 Å². The summed E-state index contributed by atoms with van der Waals surface area (Å²) in [5, 5.41) is 12.5. The number of amides is 2. The summed E-state index contributed by atoms with van der Waals surface area (Å²) >= 11 is 5.90. The number of anilines is 1. The summed E-state index contributed by atoms with van der Waals surface area (Å²) in [5.41, 5.74) is 0.709. The monoisotopic (exact) mass is 298 g/mol. The van der Waals surface area contributed by atoms with E-state index in [1.54, 1.807) is 17.0 Å². The number of halogens is 1. The van der Waals surface area contributed by atoms with E-state index >= 15 is 0 Å². The number of aliphatic hydroxyl groups is 1. The van der Waals surface area contributed by atoms with Gasteiger partial charge in [-0.2, -0.15) is 0 Å². The molecule has 0 saturated carbocycles. The lowest BCUT2D eigenvalue weighted by molar-refractivity contribution is -0.913. The van der Waals surface area contributed by atoms with Crippen LogP contribution >= 0.6 is 11.6 Å². The third-order valence-corrected chi connectivity index (χ3v) is 4.06. The Morgan fingerprint density at radius 1 is 1.45 bits per heavy atom. The molecule has 20 heavy (non-hydrogen) atoms. The van der Waals surface area contributed by atoms with Crippen LogP contribution in [0, 0.1) is 0 Å². The van der Waals surface area contributed by atoms with Gasteiger partial charge in [-0.25, -0.2) is 4.79 Å². The quantitative estimate of drug-likeness (QED) is 0.833. The number of likely N-dealkylation sites (N-methyl/N-ethyl adjacent to an activating group) is 1. The Hall–Kier alpha value is -1.30. The Balaban J connectivity index is 1.89. The fourth-order valence-corrected chi connectivity index (χ4v) is 2.58. The van der Waals surface area contributed by atoms with E-state index in [0.717, 1.165) is 24.1 Å². The molecule has 0 unspecified atom stereocenters. The van der Waals surface area contributed by atoms with Crippen molar-refractivity contribution >= 4 is 23.3 Å². The molecule has 1 aliphatic rings. The highest BCUT2D eigenvalue weighted by Gasteiger charge is 2.30. The smallest absolute Gasteiger partial charge is 0.322 e. The van der Waals surface area contributed by atoms with Crippen molar-refractivity contribution in [3.63, 3.8) is 0 Å². The topological polar surface area (TPSA) is 52.6 Å². The zero-order valence-corrected chi connectivity index (χ0v) is 12.4. The van der Waals surface area contributed by atoms with Gasteiger partial charge < -0.3 is 19.8 Å². The molecule has 0 spiro atoms. The summed E-state index contributed by atoms with van der Waals surface area (Å²) in [5.74, 6) is 0. The van der Waals surface area contributed by atoms with Crippen LogP contribution in [0.25, 0.3) is 0 Å². The van der Waals surface area contributed by atoms with Gasteiger partial charge in [0.25, 0.3) is 0 Å². The van der Waals surface area contributed by atoms with E-state index in [2.05, 4.69) is 12.4 Å².